The first kappa shape index (κ1) is 20.2. The van der Waals surface area contributed by atoms with Crippen LogP contribution in [0.1, 0.15) is 5.56 Å². The number of hydrogen-bond acceptors (Lipinski definition) is 5. The van der Waals surface area contributed by atoms with E-state index in [1.54, 1.807) is 11.4 Å². The van der Waals surface area contributed by atoms with Gasteiger partial charge in [-0.25, -0.2) is 13.8 Å². The van der Waals surface area contributed by atoms with Gasteiger partial charge in [-0.2, -0.15) is 0 Å². The molecule has 0 saturated heterocycles. The second-order valence-corrected chi connectivity index (χ2v) is 8.28. The number of halogens is 2. The fourth-order valence-corrected chi connectivity index (χ4v) is 4.49. The van der Waals surface area contributed by atoms with Crippen LogP contribution in [0.25, 0.3) is 15.9 Å². The highest BCUT2D eigenvalue weighted by Gasteiger charge is 2.17. The second kappa shape index (κ2) is 8.37. The number of aryl methyl sites for hydroxylation is 1. The van der Waals surface area contributed by atoms with Gasteiger partial charge in [0.25, 0.3) is 5.56 Å². The van der Waals surface area contributed by atoms with E-state index >= 15 is 0 Å². The first-order valence-electron chi connectivity index (χ1n) is 8.88. The highest BCUT2D eigenvalue weighted by Crippen LogP contribution is 2.25. The summed E-state index contributed by atoms with van der Waals surface area (Å²) in [4.78, 5) is 30.0. The van der Waals surface area contributed by atoms with Gasteiger partial charge >= 0.3 is 0 Å². The van der Waals surface area contributed by atoms with Gasteiger partial charge in [0.15, 0.2) is 5.16 Å². The fraction of sp³-hybridized carbons (Fsp3) is 0.0952. The molecule has 0 unspecified atom stereocenters. The molecule has 0 radical (unpaired) electrons. The molecule has 152 valence electrons. The number of anilines is 1. The minimum absolute atomic E-state index is 0.135. The lowest BCUT2D eigenvalue weighted by atomic mass is 10.2. The average molecular weight is 444 g/mol. The third kappa shape index (κ3) is 3.99. The molecule has 0 atom stereocenters. The quantitative estimate of drug-likeness (QED) is 0.357. The zero-order valence-electron chi connectivity index (χ0n) is 15.7. The lowest BCUT2D eigenvalue weighted by Crippen LogP contribution is -2.23. The molecule has 0 aliphatic heterocycles. The molecule has 30 heavy (non-hydrogen) atoms. The number of aromatic nitrogens is 2. The van der Waals surface area contributed by atoms with E-state index in [0.717, 1.165) is 35.5 Å². The highest BCUT2D eigenvalue weighted by atomic mass is 32.2. The molecule has 0 aliphatic carbocycles. The first-order chi connectivity index (χ1) is 14.4. The van der Waals surface area contributed by atoms with Crippen LogP contribution >= 0.6 is 23.1 Å². The molecule has 4 aromatic rings. The standard InChI is InChI=1S/C21H15F2N3O2S2/c1-12-4-2-3-5-17(12)26-20(28)19-15(8-9-29-19)25-21(26)30-11-18(27)24-16-10-13(22)6-7-14(16)23/h2-10H,11H2,1H3,(H,24,27). The van der Waals surface area contributed by atoms with E-state index in [0.29, 0.717) is 21.1 Å². The number of fused-ring (bicyclic) bond motifs is 1. The van der Waals surface area contributed by atoms with Crippen molar-refractivity contribution in [2.24, 2.45) is 0 Å². The summed E-state index contributed by atoms with van der Waals surface area (Å²) in [5.74, 6) is -2.06. The summed E-state index contributed by atoms with van der Waals surface area (Å²) in [6.07, 6.45) is 0. The summed E-state index contributed by atoms with van der Waals surface area (Å²) in [6, 6.07) is 12.0. The number of carbonyl (C=O) groups is 1. The summed E-state index contributed by atoms with van der Waals surface area (Å²) in [5.41, 5.74) is 1.64. The van der Waals surface area contributed by atoms with Crippen molar-refractivity contribution in [3.8, 4) is 5.69 Å². The monoisotopic (exact) mass is 443 g/mol. The molecule has 0 saturated carbocycles. The number of nitrogens with zero attached hydrogens (tertiary/aromatic N) is 2. The van der Waals surface area contributed by atoms with Gasteiger partial charge in [0.05, 0.1) is 22.6 Å². The lowest BCUT2D eigenvalue weighted by molar-refractivity contribution is -0.113. The maximum atomic E-state index is 13.8. The lowest BCUT2D eigenvalue weighted by Gasteiger charge is -2.14. The smallest absolute Gasteiger partial charge is 0.276 e. The number of carbonyl (C=O) groups excluding carboxylic acids is 1. The van der Waals surface area contributed by atoms with Crippen LogP contribution in [0.15, 0.2) is 63.9 Å². The minimum Gasteiger partial charge on any atom is -0.323 e. The molecule has 0 bridgehead atoms. The number of benzene rings is 2. The van der Waals surface area contributed by atoms with E-state index in [-0.39, 0.29) is 17.0 Å². The Hall–Kier alpha value is -3.04. The van der Waals surface area contributed by atoms with Gasteiger partial charge in [0.2, 0.25) is 5.91 Å². The zero-order valence-corrected chi connectivity index (χ0v) is 17.3. The summed E-state index contributed by atoms with van der Waals surface area (Å²) in [6.45, 7) is 1.88. The Morgan fingerprint density at radius 2 is 2.00 bits per heavy atom. The molecular weight excluding hydrogens is 428 g/mol. The topological polar surface area (TPSA) is 64.0 Å². The van der Waals surface area contributed by atoms with Gasteiger partial charge < -0.3 is 5.32 Å². The maximum Gasteiger partial charge on any atom is 0.276 e. The van der Waals surface area contributed by atoms with E-state index in [2.05, 4.69) is 10.3 Å². The summed E-state index contributed by atoms with van der Waals surface area (Å²) < 4.78 is 29.1. The molecule has 0 fully saturated rings. The first-order valence-corrected chi connectivity index (χ1v) is 10.7. The maximum absolute atomic E-state index is 13.8. The molecule has 2 heterocycles. The van der Waals surface area contributed by atoms with Gasteiger partial charge in [-0.15, -0.1) is 11.3 Å². The molecule has 2 aromatic heterocycles. The van der Waals surface area contributed by atoms with Gasteiger partial charge in [0, 0.05) is 6.07 Å². The number of para-hydroxylation sites is 1. The highest BCUT2D eigenvalue weighted by molar-refractivity contribution is 7.99. The van der Waals surface area contributed by atoms with Crippen molar-refractivity contribution in [1.82, 2.24) is 9.55 Å². The van der Waals surface area contributed by atoms with Crippen LogP contribution in [0, 0.1) is 18.6 Å². The Bertz CT molecular complexity index is 1320. The van der Waals surface area contributed by atoms with E-state index in [1.165, 1.54) is 15.9 Å². The van der Waals surface area contributed by atoms with Crippen molar-refractivity contribution in [3.63, 3.8) is 0 Å². The SMILES string of the molecule is Cc1ccccc1-n1c(SCC(=O)Nc2cc(F)ccc2F)nc2ccsc2c1=O. The Morgan fingerprint density at radius 3 is 2.80 bits per heavy atom. The van der Waals surface area contributed by atoms with Crippen LogP contribution in [0.4, 0.5) is 14.5 Å². The Morgan fingerprint density at radius 1 is 1.20 bits per heavy atom. The van der Waals surface area contributed by atoms with Crippen molar-refractivity contribution >= 4 is 44.9 Å². The van der Waals surface area contributed by atoms with Crippen molar-refractivity contribution in [1.29, 1.82) is 0 Å². The Balaban J connectivity index is 1.66. The van der Waals surface area contributed by atoms with E-state index < -0.39 is 17.5 Å². The summed E-state index contributed by atoms with van der Waals surface area (Å²) in [7, 11) is 0. The molecular formula is C21H15F2N3O2S2. The molecule has 0 aliphatic rings. The zero-order chi connectivity index (χ0) is 21.3. The molecule has 0 spiro atoms. The average Bonchev–Trinajstić information content (AvgIpc) is 3.19. The van der Waals surface area contributed by atoms with Crippen LogP contribution in [0.5, 0.6) is 0 Å². The van der Waals surface area contributed by atoms with Gasteiger partial charge in [-0.1, -0.05) is 30.0 Å². The van der Waals surface area contributed by atoms with Crippen LogP contribution in [-0.2, 0) is 4.79 Å². The number of thiophene rings is 1. The van der Waals surface area contributed by atoms with Crippen LogP contribution in [0.2, 0.25) is 0 Å². The predicted octanol–water partition coefficient (Wildman–Crippen LogP) is 4.76. The predicted molar refractivity (Wildman–Crippen MR) is 116 cm³/mol. The fourth-order valence-electron chi connectivity index (χ4n) is 2.93. The van der Waals surface area contributed by atoms with Gasteiger partial charge in [-0.05, 0) is 42.1 Å². The van der Waals surface area contributed by atoms with Crippen LogP contribution in [-0.4, -0.2) is 21.2 Å². The molecule has 1 amide bonds. The van der Waals surface area contributed by atoms with E-state index in [4.69, 9.17) is 0 Å². The third-order valence-corrected chi connectivity index (χ3v) is 6.17. The molecule has 1 N–H and O–H groups in total. The van der Waals surface area contributed by atoms with E-state index in [1.807, 2.05) is 31.2 Å². The van der Waals surface area contributed by atoms with Crippen molar-refractivity contribution in [2.75, 3.05) is 11.1 Å². The Labute approximate surface area is 178 Å². The summed E-state index contributed by atoms with van der Waals surface area (Å²) >= 11 is 2.35. The van der Waals surface area contributed by atoms with Gasteiger partial charge in [-0.3, -0.25) is 14.2 Å². The summed E-state index contributed by atoms with van der Waals surface area (Å²) in [5, 5.41) is 4.48. The number of hydrogen-bond donors (Lipinski definition) is 1. The number of nitrogens with one attached hydrogen (secondary N) is 1. The van der Waals surface area contributed by atoms with Crippen LogP contribution in [0.3, 0.4) is 0 Å². The largest absolute Gasteiger partial charge is 0.323 e. The van der Waals surface area contributed by atoms with E-state index in [9.17, 15) is 18.4 Å². The number of rotatable bonds is 5. The Kier molecular flexibility index (Phi) is 5.65. The minimum atomic E-state index is -0.732. The second-order valence-electron chi connectivity index (χ2n) is 6.42. The van der Waals surface area contributed by atoms with Gasteiger partial charge in [0.1, 0.15) is 16.3 Å². The number of amides is 1. The van der Waals surface area contributed by atoms with Crippen molar-refractivity contribution in [3.05, 3.63) is 81.5 Å². The third-order valence-electron chi connectivity index (χ3n) is 4.34. The van der Waals surface area contributed by atoms with Crippen LogP contribution < -0.4 is 10.9 Å². The van der Waals surface area contributed by atoms with Crippen molar-refractivity contribution in [2.45, 2.75) is 12.1 Å². The normalized spacial score (nSPS) is 11.0. The number of thioether (sulfide) groups is 1. The molecule has 4 rings (SSSR count). The molecule has 2 aromatic carbocycles. The molecule has 9 heteroatoms. The van der Waals surface area contributed by atoms with Crippen molar-refractivity contribution < 1.29 is 13.6 Å². The molecule has 5 nitrogen and oxygen atoms in total.